The lowest BCUT2D eigenvalue weighted by Crippen LogP contribution is -2.35. The Bertz CT molecular complexity index is 572. The zero-order chi connectivity index (χ0) is 13.0. The molecule has 0 aliphatic rings. The number of carbonyl (C=O) groups excluding carboxylic acids is 1. The van der Waals surface area contributed by atoms with Gasteiger partial charge in [-0.15, -0.1) is 0 Å². The third-order valence-corrected chi connectivity index (χ3v) is 2.74. The van der Waals surface area contributed by atoms with E-state index in [-0.39, 0.29) is 6.07 Å². The van der Waals surface area contributed by atoms with Crippen LogP contribution in [0.2, 0.25) is 0 Å². The Hall–Kier alpha value is -1.68. The first-order valence-corrected chi connectivity index (χ1v) is 6.30. The summed E-state index contributed by atoms with van der Waals surface area (Å²) < 4.78 is 6.81. The fourth-order valence-corrected chi connectivity index (χ4v) is 1.97. The molecule has 18 heavy (non-hydrogen) atoms. The van der Waals surface area contributed by atoms with Gasteiger partial charge in [0, 0.05) is 12.6 Å². The average molecular weight is 266 g/mol. The second-order valence-electron chi connectivity index (χ2n) is 3.90. The van der Waals surface area contributed by atoms with E-state index in [4.69, 9.17) is 16.3 Å². The quantitative estimate of drug-likeness (QED) is 0.484. The maximum Gasteiger partial charge on any atom is 0.345 e. The number of alkyl halides is 1. The molecule has 0 aromatic carbocycles. The first-order valence-electron chi connectivity index (χ1n) is 5.76. The molecule has 0 fully saturated rings. The Morgan fingerprint density at radius 1 is 1.56 bits per heavy atom. The molecule has 0 N–H and O–H groups in total. The van der Waals surface area contributed by atoms with E-state index in [1.807, 2.05) is 10.6 Å². The van der Waals surface area contributed by atoms with Gasteiger partial charge in [-0.1, -0.05) is 18.5 Å². The number of hydrogen-bond donors (Lipinski definition) is 0. The zero-order valence-corrected chi connectivity index (χ0v) is 10.9. The van der Waals surface area contributed by atoms with Crippen LogP contribution in [-0.4, -0.2) is 17.0 Å². The van der Waals surface area contributed by atoms with Gasteiger partial charge in [0.2, 0.25) is 5.52 Å². The number of carbonyl (C=O) groups is 1. The number of fused-ring (bicyclic) bond motifs is 1. The van der Waals surface area contributed by atoms with E-state index in [1.165, 1.54) is 0 Å². The van der Waals surface area contributed by atoms with Crippen LogP contribution in [0.15, 0.2) is 30.7 Å². The van der Waals surface area contributed by atoms with Crippen LogP contribution < -0.4 is 4.57 Å². The first kappa shape index (κ1) is 12.8. The van der Waals surface area contributed by atoms with Gasteiger partial charge in [0.25, 0.3) is 0 Å². The molecule has 0 spiro atoms. The summed E-state index contributed by atoms with van der Waals surface area (Å²) in [5.41, 5.74) is 1.50. The number of aromatic nitrogens is 2. The molecule has 2 aromatic heterocycles. The van der Waals surface area contributed by atoms with Crippen molar-refractivity contribution in [3.05, 3.63) is 36.3 Å². The van der Waals surface area contributed by atoms with Gasteiger partial charge in [0.1, 0.15) is 12.1 Å². The molecule has 5 heteroatoms. The van der Waals surface area contributed by atoms with Gasteiger partial charge in [0.05, 0.1) is 11.6 Å². The minimum Gasteiger partial charge on any atom is -0.446 e. The van der Waals surface area contributed by atoms with E-state index in [2.05, 4.69) is 11.9 Å². The van der Waals surface area contributed by atoms with Crippen LogP contribution in [-0.2, 0) is 11.3 Å². The van der Waals surface area contributed by atoms with Crippen LogP contribution in [0, 0.1) is 0 Å². The van der Waals surface area contributed by atoms with Crippen molar-refractivity contribution in [1.82, 2.24) is 4.98 Å². The topological polar surface area (TPSA) is 43.1 Å². The number of esters is 1. The molecule has 0 bridgehead atoms. The second kappa shape index (κ2) is 5.78. The van der Waals surface area contributed by atoms with Crippen LogP contribution in [0.1, 0.15) is 23.7 Å². The monoisotopic (exact) mass is 265 g/mol. The summed E-state index contributed by atoms with van der Waals surface area (Å²) >= 11 is 5.41. The molecule has 0 amide bonds. The van der Waals surface area contributed by atoms with Crippen LogP contribution in [0.25, 0.3) is 10.9 Å². The molecular formula is C13H14ClN2O2+. The summed E-state index contributed by atoms with van der Waals surface area (Å²) in [7, 11) is 0. The van der Waals surface area contributed by atoms with Crippen molar-refractivity contribution in [2.45, 2.75) is 19.9 Å². The zero-order valence-electron chi connectivity index (χ0n) is 10.1. The third-order valence-electron chi connectivity index (χ3n) is 2.63. The van der Waals surface area contributed by atoms with E-state index in [0.717, 1.165) is 23.9 Å². The summed E-state index contributed by atoms with van der Waals surface area (Å²) in [5.74, 6) is -0.409. The lowest BCUT2D eigenvalue weighted by Gasteiger charge is -2.03. The van der Waals surface area contributed by atoms with Crippen molar-refractivity contribution in [3.63, 3.8) is 0 Å². The predicted octanol–water partition coefficient (Wildman–Crippen LogP) is 2.29. The summed E-state index contributed by atoms with van der Waals surface area (Å²) in [4.78, 5) is 15.8. The standard InChI is InChI=1S/C13H14ClN2O2/c1-2-5-16-8-11(13(17)18-9-14)6-10-3-4-15-7-12(10)16/h3-4,6-8H,2,5,9H2,1H3/q+1. The van der Waals surface area contributed by atoms with E-state index in [1.54, 1.807) is 24.7 Å². The van der Waals surface area contributed by atoms with Crippen molar-refractivity contribution >= 4 is 28.5 Å². The minimum atomic E-state index is -0.409. The lowest BCUT2D eigenvalue weighted by atomic mass is 10.2. The van der Waals surface area contributed by atoms with Crippen molar-refractivity contribution in [3.8, 4) is 0 Å². The van der Waals surface area contributed by atoms with Gasteiger partial charge >= 0.3 is 5.97 Å². The van der Waals surface area contributed by atoms with Gasteiger partial charge in [-0.3, -0.25) is 4.98 Å². The van der Waals surface area contributed by atoms with Gasteiger partial charge in [-0.25, -0.2) is 4.79 Å². The Kier molecular flexibility index (Phi) is 4.10. The summed E-state index contributed by atoms with van der Waals surface area (Å²) in [5, 5.41) is 0.961. The molecular weight excluding hydrogens is 252 g/mol. The van der Waals surface area contributed by atoms with E-state index in [0.29, 0.717) is 5.56 Å². The largest absolute Gasteiger partial charge is 0.446 e. The van der Waals surface area contributed by atoms with E-state index >= 15 is 0 Å². The van der Waals surface area contributed by atoms with Crippen LogP contribution in [0.4, 0.5) is 0 Å². The van der Waals surface area contributed by atoms with Gasteiger partial charge in [0.15, 0.2) is 12.3 Å². The number of aryl methyl sites for hydroxylation is 1. The number of rotatable bonds is 4. The Balaban J connectivity index is 2.53. The maximum absolute atomic E-state index is 11.7. The summed E-state index contributed by atoms with van der Waals surface area (Å²) in [6, 6.07) is 3.53. The fourth-order valence-electron chi connectivity index (χ4n) is 1.87. The average Bonchev–Trinajstić information content (AvgIpc) is 2.39. The van der Waals surface area contributed by atoms with Crippen LogP contribution in [0.3, 0.4) is 0 Å². The van der Waals surface area contributed by atoms with Crippen LogP contribution in [0.5, 0.6) is 0 Å². The Morgan fingerprint density at radius 3 is 3.11 bits per heavy atom. The van der Waals surface area contributed by atoms with Gasteiger partial charge in [-0.2, -0.15) is 4.57 Å². The van der Waals surface area contributed by atoms with Gasteiger partial charge in [-0.05, 0) is 12.1 Å². The van der Waals surface area contributed by atoms with Gasteiger partial charge < -0.3 is 4.74 Å². The number of ether oxygens (including phenoxy) is 1. The predicted molar refractivity (Wildman–Crippen MR) is 68.4 cm³/mol. The first-order chi connectivity index (χ1) is 8.76. The van der Waals surface area contributed by atoms with Crippen molar-refractivity contribution in [2.75, 3.05) is 6.07 Å². The molecule has 0 saturated heterocycles. The number of pyridine rings is 2. The summed E-state index contributed by atoms with van der Waals surface area (Å²) in [6.07, 6.45) is 6.25. The molecule has 2 heterocycles. The molecule has 0 aliphatic heterocycles. The smallest absolute Gasteiger partial charge is 0.345 e. The molecule has 2 aromatic rings. The fraction of sp³-hybridized carbons (Fsp3) is 0.308. The lowest BCUT2D eigenvalue weighted by molar-refractivity contribution is -0.671. The SMILES string of the molecule is CCC[n+]1cc(C(=O)OCCl)cc2ccncc21. The Labute approximate surface area is 110 Å². The number of halogens is 1. The molecule has 0 aliphatic carbocycles. The maximum atomic E-state index is 11.7. The minimum absolute atomic E-state index is 0.138. The van der Waals surface area contributed by atoms with E-state index in [9.17, 15) is 4.79 Å². The normalized spacial score (nSPS) is 10.6. The number of hydrogen-bond acceptors (Lipinski definition) is 3. The molecule has 94 valence electrons. The highest BCUT2D eigenvalue weighted by molar-refractivity contribution is 6.17. The van der Waals surface area contributed by atoms with Crippen molar-refractivity contribution in [1.29, 1.82) is 0 Å². The molecule has 0 radical (unpaired) electrons. The molecule has 0 unspecified atom stereocenters. The third kappa shape index (κ3) is 2.59. The van der Waals surface area contributed by atoms with Crippen molar-refractivity contribution in [2.24, 2.45) is 0 Å². The highest BCUT2D eigenvalue weighted by atomic mass is 35.5. The Morgan fingerprint density at radius 2 is 2.39 bits per heavy atom. The highest BCUT2D eigenvalue weighted by Gasteiger charge is 2.16. The second-order valence-corrected chi connectivity index (χ2v) is 4.12. The highest BCUT2D eigenvalue weighted by Crippen LogP contribution is 2.11. The molecule has 0 saturated carbocycles. The summed E-state index contributed by atoms with van der Waals surface area (Å²) in [6.45, 7) is 2.91. The molecule has 0 atom stereocenters. The molecule has 2 rings (SSSR count). The van der Waals surface area contributed by atoms with E-state index < -0.39 is 5.97 Å². The molecule has 4 nitrogen and oxygen atoms in total. The van der Waals surface area contributed by atoms with Crippen LogP contribution >= 0.6 is 11.6 Å². The van der Waals surface area contributed by atoms with Crippen molar-refractivity contribution < 1.29 is 14.1 Å². The number of nitrogens with zero attached hydrogens (tertiary/aromatic N) is 2.